The number of aromatic nitrogens is 1. The highest BCUT2D eigenvalue weighted by Crippen LogP contribution is 2.47. The predicted molar refractivity (Wildman–Crippen MR) is 95.1 cm³/mol. The molecule has 0 bridgehead atoms. The van der Waals surface area contributed by atoms with Crippen molar-refractivity contribution in [2.75, 3.05) is 39.4 Å². The molecule has 3 saturated heterocycles. The molecular formula is C18H21F3N4O3S. The van der Waals surface area contributed by atoms with E-state index in [9.17, 15) is 26.9 Å². The number of likely N-dealkylation sites (tertiary alicyclic amines) is 1. The summed E-state index contributed by atoms with van der Waals surface area (Å²) < 4.78 is 70.7. The van der Waals surface area contributed by atoms with Gasteiger partial charge in [-0.3, -0.25) is 4.90 Å². The van der Waals surface area contributed by atoms with Crippen LogP contribution in [0.5, 0.6) is 0 Å². The van der Waals surface area contributed by atoms with E-state index in [1.165, 1.54) is 11.2 Å². The van der Waals surface area contributed by atoms with Crippen LogP contribution in [-0.2, 0) is 20.9 Å². The quantitative estimate of drug-likeness (QED) is 0.727. The lowest BCUT2D eigenvalue weighted by Gasteiger charge is -2.63. The fourth-order valence-corrected chi connectivity index (χ4v) is 6.29. The number of pyridine rings is 1. The van der Waals surface area contributed by atoms with Crippen LogP contribution in [0.4, 0.5) is 13.2 Å². The molecule has 4 rings (SSSR count). The number of halogens is 3. The van der Waals surface area contributed by atoms with E-state index in [0.29, 0.717) is 58.3 Å². The standard InChI is InChI=1S/C18H21F3N4O3S/c1-13-14(2-3-15(23-13)18(19,20)21)29(26,27)25-11-16(12-25)9-24(10-16)17(8-22)4-6-28-7-5-17/h2-3H,4-7,9-12H2,1H3. The molecule has 0 aliphatic carbocycles. The molecule has 0 unspecified atom stereocenters. The Morgan fingerprint density at radius 3 is 2.31 bits per heavy atom. The van der Waals surface area contributed by atoms with Crippen molar-refractivity contribution >= 4 is 10.0 Å². The highest BCUT2D eigenvalue weighted by atomic mass is 32.2. The van der Waals surface area contributed by atoms with Crippen LogP contribution in [0.1, 0.15) is 24.2 Å². The van der Waals surface area contributed by atoms with E-state index in [0.717, 1.165) is 6.07 Å². The van der Waals surface area contributed by atoms with Crippen molar-refractivity contribution in [3.8, 4) is 6.07 Å². The average molecular weight is 430 g/mol. The zero-order chi connectivity index (χ0) is 21.1. The number of nitriles is 1. The second kappa shape index (κ2) is 6.63. The van der Waals surface area contributed by atoms with Gasteiger partial charge in [-0.05, 0) is 19.1 Å². The van der Waals surface area contributed by atoms with Crippen molar-refractivity contribution in [2.24, 2.45) is 5.41 Å². The van der Waals surface area contributed by atoms with Crippen molar-refractivity contribution in [3.63, 3.8) is 0 Å². The highest BCUT2D eigenvalue weighted by Gasteiger charge is 2.59. The van der Waals surface area contributed by atoms with Gasteiger partial charge in [-0.2, -0.15) is 22.7 Å². The van der Waals surface area contributed by atoms with Gasteiger partial charge in [0.2, 0.25) is 10.0 Å². The van der Waals surface area contributed by atoms with Crippen molar-refractivity contribution < 1.29 is 26.3 Å². The third-order valence-corrected chi connectivity index (χ3v) is 8.08. The van der Waals surface area contributed by atoms with Gasteiger partial charge in [0.05, 0.1) is 11.8 Å². The lowest BCUT2D eigenvalue weighted by atomic mass is 9.70. The molecule has 3 fully saturated rings. The number of rotatable bonds is 3. The van der Waals surface area contributed by atoms with Crippen LogP contribution < -0.4 is 0 Å². The van der Waals surface area contributed by atoms with Gasteiger partial charge in [0.15, 0.2) is 0 Å². The maximum atomic E-state index is 12.8. The first-order chi connectivity index (χ1) is 13.5. The van der Waals surface area contributed by atoms with Crippen molar-refractivity contribution in [1.82, 2.24) is 14.2 Å². The summed E-state index contributed by atoms with van der Waals surface area (Å²) in [7, 11) is -3.91. The van der Waals surface area contributed by atoms with Gasteiger partial charge in [0, 0.05) is 57.6 Å². The summed E-state index contributed by atoms with van der Waals surface area (Å²) in [6.07, 6.45) is -3.35. The number of nitrogens with zero attached hydrogens (tertiary/aromatic N) is 4. The topological polar surface area (TPSA) is 86.5 Å². The molecule has 29 heavy (non-hydrogen) atoms. The van der Waals surface area contributed by atoms with Crippen molar-refractivity contribution in [1.29, 1.82) is 5.26 Å². The summed E-state index contributed by atoms with van der Waals surface area (Å²) in [6, 6.07) is 4.09. The number of alkyl halides is 3. The molecule has 0 radical (unpaired) electrons. The SMILES string of the molecule is Cc1nc(C(F)(F)F)ccc1S(=O)(=O)N1CC2(CN(C3(C#N)CCOCC3)C2)C1. The second-order valence-electron chi connectivity index (χ2n) is 8.16. The first-order valence-electron chi connectivity index (χ1n) is 9.31. The van der Waals surface area contributed by atoms with E-state index in [1.807, 2.05) is 0 Å². The van der Waals surface area contributed by atoms with Crippen LogP contribution >= 0.6 is 0 Å². The lowest BCUT2D eigenvalue weighted by Crippen LogP contribution is -2.76. The Kier molecular flexibility index (Phi) is 4.70. The third kappa shape index (κ3) is 3.32. The van der Waals surface area contributed by atoms with Gasteiger partial charge in [-0.25, -0.2) is 13.4 Å². The molecule has 1 spiro atoms. The molecule has 0 N–H and O–H groups in total. The van der Waals surface area contributed by atoms with Crippen LogP contribution in [0.25, 0.3) is 0 Å². The maximum absolute atomic E-state index is 12.8. The molecule has 1 aromatic heterocycles. The molecule has 3 aliphatic heterocycles. The first kappa shape index (κ1) is 20.5. The van der Waals surface area contributed by atoms with E-state index in [2.05, 4.69) is 16.0 Å². The second-order valence-corrected chi connectivity index (χ2v) is 10.1. The lowest BCUT2D eigenvalue weighted by molar-refractivity contribution is -0.141. The van der Waals surface area contributed by atoms with Gasteiger partial charge in [0.25, 0.3) is 0 Å². The Labute approximate surface area is 167 Å². The van der Waals surface area contributed by atoms with Crippen molar-refractivity contribution in [2.45, 2.75) is 36.4 Å². The summed E-state index contributed by atoms with van der Waals surface area (Å²) in [5.41, 5.74) is -2.01. The number of hydrogen-bond donors (Lipinski definition) is 0. The molecule has 4 heterocycles. The summed E-state index contributed by atoms with van der Waals surface area (Å²) in [5, 5.41) is 9.64. The summed E-state index contributed by atoms with van der Waals surface area (Å²) in [5.74, 6) is 0. The van der Waals surface area contributed by atoms with Crippen LogP contribution in [0, 0.1) is 23.7 Å². The van der Waals surface area contributed by atoms with Gasteiger partial charge in [-0.15, -0.1) is 0 Å². The number of aryl methyl sites for hydroxylation is 1. The summed E-state index contributed by atoms with van der Waals surface area (Å²) >= 11 is 0. The minimum absolute atomic E-state index is 0.165. The number of hydrogen-bond acceptors (Lipinski definition) is 6. The largest absolute Gasteiger partial charge is 0.433 e. The maximum Gasteiger partial charge on any atom is 0.433 e. The number of ether oxygens (including phenoxy) is 1. The predicted octanol–water partition coefficient (Wildman–Crippen LogP) is 1.79. The Bertz CT molecular complexity index is 954. The van der Waals surface area contributed by atoms with E-state index in [4.69, 9.17) is 4.74 Å². The van der Waals surface area contributed by atoms with Gasteiger partial charge < -0.3 is 4.74 Å². The molecule has 1 aromatic rings. The van der Waals surface area contributed by atoms with Gasteiger partial charge in [0.1, 0.15) is 16.1 Å². The Hall–Kier alpha value is -1.74. The molecule has 0 amide bonds. The van der Waals surface area contributed by atoms with E-state index < -0.39 is 27.4 Å². The molecule has 0 saturated carbocycles. The van der Waals surface area contributed by atoms with Crippen LogP contribution in [0.3, 0.4) is 0 Å². The number of sulfonamides is 1. The van der Waals surface area contributed by atoms with Gasteiger partial charge >= 0.3 is 6.18 Å². The first-order valence-corrected chi connectivity index (χ1v) is 10.7. The molecule has 11 heteroatoms. The molecule has 158 valence electrons. The van der Waals surface area contributed by atoms with E-state index in [1.54, 1.807) is 0 Å². The van der Waals surface area contributed by atoms with Crippen LogP contribution in [0.15, 0.2) is 17.0 Å². The summed E-state index contributed by atoms with van der Waals surface area (Å²) in [4.78, 5) is 5.33. The molecule has 3 aliphatic rings. The van der Waals surface area contributed by atoms with Crippen molar-refractivity contribution in [3.05, 3.63) is 23.5 Å². The summed E-state index contributed by atoms with van der Waals surface area (Å²) in [6.45, 7) is 4.21. The van der Waals surface area contributed by atoms with Crippen LogP contribution in [-0.4, -0.2) is 67.5 Å². The smallest absolute Gasteiger partial charge is 0.381 e. The molecule has 0 atom stereocenters. The molecule has 7 nitrogen and oxygen atoms in total. The normalized spacial score (nSPS) is 24.5. The molecule has 0 aromatic carbocycles. The minimum atomic E-state index is -4.62. The Morgan fingerprint density at radius 2 is 1.79 bits per heavy atom. The Balaban J connectivity index is 1.43. The Morgan fingerprint density at radius 1 is 1.17 bits per heavy atom. The van der Waals surface area contributed by atoms with E-state index >= 15 is 0 Å². The van der Waals surface area contributed by atoms with Gasteiger partial charge in [-0.1, -0.05) is 0 Å². The highest BCUT2D eigenvalue weighted by molar-refractivity contribution is 7.89. The van der Waals surface area contributed by atoms with E-state index in [-0.39, 0.29) is 16.0 Å². The minimum Gasteiger partial charge on any atom is -0.381 e. The fourth-order valence-electron chi connectivity index (χ4n) is 4.46. The third-order valence-electron chi connectivity index (χ3n) is 6.16. The van der Waals surface area contributed by atoms with Crippen LogP contribution in [0.2, 0.25) is 0 Å². The fraction of sp³-hybridized carbons (Fsp3) is 0.667. The zero-order valence-corrected chi connectivity index (χ0v) is 16.7. The monoisotopic (exact) mass is 430 g/mol. The average Bonchev–Trinajstić information content (AvgIpc) is 2.58. The zero-order valence-electron chi connectivity index (χ0n) is 15.9. The molecular weight excluding hydrogens is 409 g/mol.